The van der Waals surface area contributed by atoms with Gasteiger partial charge in [0, 0.05) is 19.6 Å². The SMILES string of the molecule is Cc1ccc(C)c(CN2C[C@]34C=C[C@H](O3)[C@H](C(=O)N3CCNC(=O)C3)[C@H]4C2=O)c1. The molecule has 5 rings (SSSR count). The van der Waals surface area contributed by atoms with Crippen molar-refractivity contribution in [1.29, 1.82) is 0 Å². The van der Waals surface area contributed by atoms with Crippen molar-refractivity contribution >= 4 is 17.7 Å². The molecule has 4 atom stereocenters. The van der Waals surface area contributed by atoms with Crippen LogP contribution in [0.15, 0.2) is 30.4 Å². The molecule has 152 valence electrons. The summed E-state index contributed by atoms with van der Waals surface area (Å²) in [7, 11) is 0. The molecule has 0 unspecified atom stereocenters. The third-order valence-corrected chi connectivity index (χ3v) is 6.68. The Morgan fingerprint density at radius 3 is 2.93 bits per heavy atom. The molecule has 1 aromatic rings. The zero-order valence-electron chi connectivity index (χ0n) is 16.7. The van der Waals surface area contributed by atoms with Gasteiger partial charge in [0.05, 0.1) is 31.0 Å². The number of benzene rings is 1. The summed E-state index contributed by atoms with van der Waals surface area (Å²) in [5.74, 6) is -1.41. The van der Waals surface area contributed by atoms with Crippen LogP contribution < -0.4 is 5.32 Å². The summed E-state index contributed by atoms with van der Waals surface area (Å²) in [6.45, 7) is 6.02. The van der Waals surface area contributed by atoms with E-state index < -0.39 is 17.4 Å². The number of aryl methyl sites for hydroxylation is 2. The number of hydrogen-bond acceptors (Lipinski definition) is 4. The van der Waals surface area contributed by atoms with Crippen molar-refractivity contribution in [2.45, 2.75) is 32.1 Å². The third-order valence-electron chi connectivity index (χ3n) is 6.68. The van der Waals surface area contributed by atoms with E-state index in [0.29, 0.717) is 26.2 Å². The topological polar surface area (TPSA) is 79.0 Å². The van der Waals surface area contributed by atoms with Crippen LogP contribution in [0.3, 0.4) is 0 Å². The second-order valence-electron chi connectivity index (χ2n) is 8.63. The van der Waals surface area contributed by atoms with Crippen molar-refractivity contribution in [3.63, 3.8) is 0 Å². The summed E-state index contributed by atoms with van der Waals surface area (Å²) in [5, 5.41) is 2.74. The Morgan fingerprint density at radius 1 is 1.31 bits per heavy atom. The molecular formula is C22H25N3O4. The number of likely N-dealkylation sites (tertiary alicyclic amines) is 1. The van der Waals surface area contributed by atoms with E-state index in [1.165, 1.54) is 0 Å². The van der Waals surface area contributed by atoms with E-state index in [-0.39, 0.29) is 30.4 Å². The van der Waals surface area contributed by atoms with Gasteiger partial charge in [-0.2, -0.15) is 0 Å². The lowest BCUT2D eigenvalue weighted by Crippen LogP contribution is -2.54. The first-order valence-corrected chi connectivity index (χ1v) is 10.2. The van der Waals surface area contributed by atoms with Crippen LogP contribution >= 0.6 is 0 Å². The van der Waals surface area contributed by atoms with E-state index in [4.69, 9.17) is 4.74 Å². The minimum absolute atomic E-state index is 0.0300. The van der Waals surface area contributed by atoms with Gasteiger partial charge in [-0.05, 0) is 25.0 Å². The Bertz CT molecular complexity index is 942. The molecule has 1 spiro atoms. The molecule has 7 nitrogen and oxygen atoms in total. The summed E-state index contributed by atoms with van der Waals surface area (Å²) in [5.41, 5.74) is 2.69. The van der Waals surface area contributed by atoms with E-state index in [1.54, 1.807) is 4.90 Å². The maximum absolute atomic E-state index is 13.4. The standard InChI is InChI=1S/C22H25N3O4/c1-13-3-4-14(2)15(9-13)10-25-12-22-6-5-16(29-22)18(19(22)21(25)28)20(27)24-8-7-23-17(26)11-24/h3-6,9,16,18-19H,7-8,10-12H2,1-2H3,(H,23,26)/t16-,18-,19-,22-/m0/s1. The minimum Gasteiger partial charge on any atom is -0.360 e. The maximum Gasteiger partial charge on any atom is 0.239 e. The molecule has 4 aliphatic heterocycles. The lowest BCUT2D eigenvalue weighted by molar-refractivity contribution is -0.146. The molecule has 2 bridgehead atoms. The van der Waals surface area contributed by atoms with Gasteiger partial charge in [-0.15, -0.1) is 0 Å². The number of amides is 3. The van der Waals surface area contributed by atoms with Gasteiger partial charge in [-0.3, -0.25) is 14.4 Å². The molecule has 1 N–H and O–H groups in total. The first-order chi connectivity index (χ1) is 13.9. The van der Waals surface area contributed by atoms with E-state index >= 15 is 0 Å². The minimum atomic E-state index is -0.724. The number of rotatable bonds is 3. The Kier molecular flexibility index (Phi) is 4.07. The average molecular weight is 395 g/mol. The van der Waals surface area contributed by atoms with Crippen LogP contribution in [0, 0.1) is 25.7 Å². The van der Waals surface area contributed by atoms with E-state index in [0.717, 1.165) is 16.7 Å². The van der Waals surface area contributed by atoms with Gasteiger partial charge in [0.25, 0.3) is 0 Å². The fourth-order valence-electron chi connectivity index (χ4n) is 5.21. The molecule has 0 radical (unpaired) electrons. The molecule has 0 aliphatic carbocycles. The lowest BCUT2D eigenvalue weighted by atomic mass is 9.76. The van der Waals surface area contributed by atoms with Crippen molar-refractivity contribution in [2.75, 3.05) is 26.2 Å². The van der Waals surface area contributed by atoms with E-state index in [2.05, 4.69) is 23.5 Å². The molecule has 4 heterocycles. The normalized spacial score (nSPS) is 32.7. The van der Waals surface area contributed by atoms with Gasteiger partial charge < -0.3 is 19.9 Å². The molecule has 3 fully saturated rings. The van der Waals surface area contributed by atoms with Gasteiger partial charge in [-0.1, -0.05) is 35.9 Å². The fraction of sp³-hybridized carbons (Fsp3) is 0.500. The molecule has 29 heavy (non-hydrogen) atoms. The monoisotopic (exact) mass is 395 g/mol. The van der Waals surface area contributed by atoms with Crippen molar-refractivity contribution in [1.82, 2.24) is 15.1 Å². The Labute approximate surface area is 169 Å². The maximum atomic E-state index is 13.4. The van der Waals surface area contributed by atoms with Gasteiger partial charge >= 0.3 is 0 Å². The molecule has 7 heteroatoms. The summed E-state index contributed by atoms with van der Waals surface area (Å²) >= 11 is 0. The molecule has 4 aliphatic rings. The van der Waals surface area contributed by atoms with Crippen molar-refractivity contribution in [3.05, 3.63) is 47.0 Å². The molecule has 0 aromatic heterocycles. The molecule has 3 saturated heterocycles. The highest BCUT2D eigenvalue weighted by Crippen LogP contribution is 2.52. The van der Waals surface area contributed by atoms with Crippen LogP contribution in [0.25, 0.3) is 0 Å². The first kappa shape index (κ1) is 18.4. The summed E-state index contributed by atoms with van der Waals surface area (Å²) in [6, 6.07) is 6.24. The van der Waals surface area contributed by atoms with Crippen LogP contribution in [0.5, 0.6) is 0 Å². The second kappa shape index (κ2) is 6.42. The number of nitrogens with zero attached hydrogens (tertiary/aromatic N) is 2. The number of carbonyl (C=O) groups excluding carboxylic acids is 3. The Balaban J connectivity index is 1.40. The second-order valence-corrected chi connectivity index (χ2v) is 8.63. The number of fused-ring (bicyclic) bond motifs is 1. The highest BCUT2D eigenvalue weighted by molar-refractivity contribution is 5.94. The van der Waals surface area contributed by atoms with Crippen LogP contribution in [-0.2, 0) is 25.7 Å². The van der Waals surface area contributed by atoms with Gasteiger partial charge in [-0.25, -0.2) is 0 Å². The zero-order valence-corrected chi connectivity index (χ0v) is 16.7. The average Bonchev–Trinajstić information content (AvgIpc) is 3.33. The van der Waals surface area contributed by atoms with Crippen LogP contribution in [0.2, 0.25) is 0 Å². The van der Waals surface area contributed by atoms with E-state index in [1.807, 2.05) is 30.9 Å². The van der Waals surface area contributed by atoms with E-state index in [9.17, 15) is 14.4 Å². The number of piperazine rings is 1. The number of ether oxygens (including phenoxy) is 1. The third kappa shape index (κ3) is 2.79. The highest BCUT2D eigenvalue weighted by atomic mass is 16.5. The molecule has 1 aromatic carbocycles. The molecular weight excluding hydrogens is 370 g/mol. The Morgan fingerprint density at radius 2 is 2.14 bits per heavy atom. The highest BCUT2D eigenvalue weighted by Gasteiger charge is 2.67. The summed E-state index contributed by atoms with van der Waals surface area (Å²) < 4.78 is 6.21. The Hall–Kier alpha value is -2.67. The first-order valence-electron chi connectivity index (χ1n) is 10.2. The zero-order chi connectivity index (χ0) is 20.3. The smallest absolute Gasteiger partial charge is 0.239 e. The number of nitrogens with one attached hydrogen (secondary N) is 1. The van der Waals surface area contributed by atoms with Crippen LogP contribution in [-0.4, -0.2) is 65.4 Å². The summed E-state index contributed by atoms with van der Waals surface area (Å²) in [6.07, 6.45) is 3.50. The van der Waals surface area contributed by atoms with Crippen molar-refractivity contribution in [3.8, 4) is 0 Å². The summed E-state index contributed by atoms with van der Waals surface area (Å²) in [4.78, 5) is 41.8. The lowest BCUT2D eigenvalue weighted by Gasteiger charge is -2.32. The van der Waals surface area contributed by atoms with Gasteiger partial charge in [0.2, 0.25) is 17.7 Å². The predicted molar refractivity (Wildman–Crippen MR) is 105 cm³/mol. The van der Waals surface area contributed by atoms with Crippen LogP contribution in [0.1, 0.15) is 16.7 Å². The van der Waals surface area contributed by atoms with Gasteiger partial charge in [0.1, 0.15) is 5.60 Å². The predicted octanol–water partition coefficient (Wildman–Crippen LogP) is 0.544. The fourth-order valence-corrected chi connectivity index (χ4v) is 5.21. The largest absolute Gasteiger partial charge is 0.360 e. The van der Waals surface area contributed by atoms with Gasteiger partial charge in [0.15, 0.2) is 0 Å². The number of carbonyl (C=O) groups is 3. The molecule has 0 saturated carbocycles. The number of hydrogen-bond donors (Lipinski definition) is 1. The van der Waals surface area contributed by atoms with Crippen LogP contribution in [0.4, 0.5) is 0 Å². The van der Waals surface area contributed by atoms with Crippen molar-refractivity contribution < 1.29 is 19.1 Å². The molecule has 3 amide bonds. The van der Waals surface area contributed by atoms with Crippen molar-refractivity contribution in [2.24, 2.45) is 11.8 Å². The quantitative estimate of drug-likeness (QED) is 0.758.